The summed E-state index contributed by atoms with van der Waals surface area (Å²) >= 11 is 0. The van der Waals surface area contributed by atoms with Crippen molar-refractivity contribution >= 4 is 22.3 Å². The van der Waals surface area contributed by atoms with E-state index in [9.17, 15) is 14.9 Å². The second kappa shape index (κ2) is 5.79. The van der Waals surface area contributed by atoms with E-state index in [0.29, 0.717) is 11.2 Å². The van der Waals surface area contributed by atoms with E-state index in [0.717, 1.165) is 31.1 Å². The van der Waals surface area contributed by atoms with E-state index in [1.54, 1.807) is 7.05 Å². The van der Waals surface area contributed by atoms with Gasteiger partial charge in [-0.1, -0.05) is 37.5 Å². The number of rotatable bonds is 3. The molecular formula is C16H19N3O3. The lowest BCUT2D eigenvalue weighted by molar-refractivity contribution is -0.385. The highest BCUT2D eigenvalue weighted by molar-refractivity contribution is 5.96. The van der Waals surface area contributed by atoms with Crippen LogP contribution in [0.5, 0.6) is 0 Å². The van der Waals surface area contributed by atoms with Gasteiger partial charge in [0.25, 0.3) is 0 Å². The Morgan fingerprint density at radius 3 is 2.59 bits per heavy atom. The zero-order valence-electron chi connectivity index (χ0n) is 12.5. The minimum Gasteiger partial charge on any atom is -0.376 e. The highest BCUT2D eigenvalue weighted by atomic mass is 16.6. The molecule has 6 nitrogen and oxygen atoms in total. The van der Waals surface area contributed by atoms with Gasteiger partial charge in [-0.25, -0.2) is 0 Å². The van der Waals surface area contributed by atoms with Crippen LogP contribution >= 0.6 is 0 Å². The molecule has 22 heavy (non-hydrogen) atoms. The van der Waals surface area contributed by atoms with Crippen LogP contribution in [-0.4, -0.2) is 15.5 Å². The Morgan fingerprint density at radius 1 is 1.23 bits per heavy atom. The molecule has 1 saturated carbocycles. The number of benzene rings is 1. The molecule has 1 aromatic heterocycles. The maximum absolute atomic E-state index is 12.4. The van der Waals surface area contributed by atoms with Crippen LogP contribution in [0.15, 0.2) is 29.1 Å². The van der Waals surface area contributed by atoms with Gasteiger partial charge in [-0.05, 0) is 18.9 Å². The third-order valence-electron chi connectivity index (χ3n) is 4.41. The number of fused-ring (bicyclic) bond motifs is 1. The van der Waals surface area contributed by atoms with Gasteiger partial charge in [-0.15, -0.1) is 0 Å². The summed E-state index contributed by atoms with van der Waals surface area (Å²) in [5.74, 6) is 0. The fourth-order valence-corrected chi connectivity index (χ4v) is 3.25. The van der Waals surface area contributed by atoms with Gasteiger partial charge in [0.2, 0.25) is 0 Å². The van der Waals surface area contributed by atoms with Crippen molar-refractivity contribution < 1.29 is 4.92 Å². The van der Waals surface area contributed by atoms with E-state index in [-0.39, 0.29) is 11.7 Å². The Balaban J connectivity index is 2.20. The SMILES string of the molecule is Cn1c(=O)c([N+](=O)[O-])c(NC2CCCCC2)c2ccccc21. The summed E-state index contributed by atoms with van der Waals surface area (Å²) < 4.78 is 1.35. The first-order chi connectivity index (χ1) is 10.6. The zero-order chi connectivity index (χ0) is 15.7. The molecule has 0 aliphatic heterocycles. The van der Waals surface area contributed by atoms with Gasteiger partial charge >= 0.3 is 11.2 Å². The Kier molecular flexibility index (Phi) is 3.83. The number of nitrogens with zero attached hydrogens (tertiary/aromatic N) is 2. The Bertz CT molecular complexity index is 776. The Labute approximate surface area is 127 Å². The molecule has 0 bridgehead atoms. The highest BCUT2D eigenvalue weighted by Crippen LogP contribution is 2.32. The van der Waals surface area contributed by atoms with Crippen LogP contribution in [0.3, 0.4) is 0 Å². The first-order valence-corrected chi connectivity index (χ1v) is 7.62. The largest absolute Gasteiger partial charge is 0.376 e. The molecule has 2 aromatic rings. The maximum atomic E-state index is 12.4. The highest BCUT2D eigenvalue weighted by Gasteiger charge is 2.26. The van der Waals surface area contributed by atoms with Crippen molar-refractivity contribution in [1.82, 2.24) is 4.57 Å². The molecule has 1 heterocycles. The topological polar surface area (TPSA) is 77.2 Å². The molecule has 1 aliphatic rings. The Morgan fingerprint density at radius 2 is 1.91 bits per heavy atom. The number of hydrogen-bond acceptors (Lipinski definition) is 4. The van der Waals surface area contributed by atoms with Crippen molar-refractivity contribution in [3.8, 4) is 0 Å². The summed E-state index contributed by atoms with van der Waals surface area (Å²) in [6.45, 7) is 0. The van der Waals surface area contributed by atoms with Crippen LogP contribution < -0.4 is 10.9 Å². The second-order valence-electron chi connectivity index (χ2n) is 5.84. The van der Waals surface area contributed by atoms with Gasteiger partial charge in [0.1, 0.15) is 5.69 Å². The van der Waals surface area contributed by atoms with Gasteiger partial charge < -0.3 is 9.88 Å². The minimum atomic E-state index is -0.570. The summed E-state index contributed by atoms with van der Waals surface area (Å²) in [6.07, 6.45) is 5.42. The summed E-state index contributed by atoms with van der Waals surface area (Å²) in [6, 6.07) is 7.50. The fourth-order valence-electron chi connectivity index (χ4n) is 3.25. The number of anilines is 1. The Hall–Kier alpha value is -2.37. The average molecular weight is 301 g/mol. The lowest BCUT2D eigenvalue weighted by Gasteiger charge is -2.24. The zero-order valence-corrected chi connectivity index (χ0v) is 12.5. The summed E-state index contributed by atoms with van der Waals surface area (Å²) in [7, 11) is 1.57. The number of nitro groups is 1. The standard InChI is InChI=1S/C16H19N3O3/c1-18-13-10-6-5-9-12(13)14(15(16(18)20)19(21)22)17-11-7-3-2-4-8-11/h5-6,9-11,17H,2-4,7-8H2,1H3. The molecule has 0 radical (unpaired) electrons. The molecule has 0 saturated heterocycles. The molecule has 1 aromatic carbocycles. The van der Waals surface area contributed by atoms with E-state index in [1.165, 1.54) is 11.0 Å². The van der Waals surface area contributed by atoms with Crippen LogP contribution in [0.2, 0.25) is 0 Å². The van der Waals surface area contributed by atoms with Crippen LogP contribution in [0.25, 0.3) is 10.9 Å². The number of pyridine rings is 1. The van der Waals surface area contributed by atoms with E-state index in [1.807, 2.05) is 24.3 Å². The monoisotopic (exact) mass is 301 g/mol. The van der Waals surface area contributed by atoms with Crippen molar-refractivity contribution in [3.63, 3.8) is 0 Å². The number of hydrogen-bond donors (Lipinski definition) is 1. The van der Waals surface area contributed by atoms with Gasteiger partial charge in [0.05, 0.1) is 10.4 Å². The van der Waals surface area contributed by atoms with Crippen molar-refractivity contribution in [2.45, 2.75) is 38.1 Å². The molecular weight excluding hydrogens is 282 g/mol. The number of aryl methyl sites for hydroxylation is 1. The molecule has 0 unspecified atom stereocenters. The van der Waals surface area contributed by atoms with Crippen LogP contribution in [-0.2, 0) is 7.05 Å². The summed E-state index contributed by atoms with van der Waals surface area (Å²) in [5.41, 5.74) is 0.154. The van der Waals surface area contributed by atoms with Crippen molar-refractivity contribution in [2.75, 3.05) is 5.32 Å². The molecule has 116 valence electrons. The fraction of sp³-hybridized carbons (Fsp3) is 0.438. The van der Waals surface area contributed by atoms with E-state index < -0.39 is 10.5 Å². The van der Waals surface area contributed by atoms with Crippen LogP contribution in [0.1, 0.15) is 32.1 Å². The molecule has 0 amide bonds. The van der Waals surface area contributed by atoms with Gasteiger partial charge in [-0.3, -0.25) is 14.9 Å². The number of para-hydroxylation sites is 1. The lowest BCUT2D eigenvalue weighted by Crippen LogP contribution is -2.27. The van der Waals surface area contributed by atoms with Crippen LogP contribution in [0.4, 0.5) is 11.4 Å². The predicted octanol–water partition coefficient (Wildman–Crippen LogP) is 3.19. The minimum absolute atomic E-state index is 0.197. The summed E-state index contributed by atoms with van der Waals surface area (Å²) in [4.78, 5) is 23.2. The lowest BCUT2D eigenvalue weighted by atomic mass is 9.95. The molecule has 0 spiro atoms. The van der Waals surface area contributed by atoms with Crippen molar-refractivity contribution in [3.05, 3.63) is 44.7 Å². The smallest absolute Gasteiger partial charge is 0.357 e. The number of nitrogens with one attached hydrogen (secondary N) is 1. The predicted molar refractivity (Wildman–Crippen MR) is 86.3 cm³/mol. The quantitative estimate of drug-likeness (QED) is 0.697. The molecule has 1 N–H and O–H groups in total. The average Bonchev–Trinajstić information content (AvgIpc) is 2.53. The maximum Gasteiger partial charge on any atom is 0.357 e. The van der Waals surface area contributed by atoms with Crippen LogP contribution in [0, 0.1) is 10.1 Å². The van der Waals surface area contributed by atoms with E-state index >= 15 is 0 Å². The molecule has 1 fully saturated rings. The first kappa shape index (κ1) is 14.6. The second-order valence-corrected chi connectivity index (χ2v) is 5.84. The van der Waals surface area contributed by atoms with Gasteiger partial charge in [0, 0.05) is 18.5 Å². The van der Waals surface area contributed by atoms with Crippen molar-refractivity contribution in [2.24, 2.45) is 7.05 Å². The first-order valence-electron chi connectivity index (χ1n) is 7.62. The third-order valence-corrected chi connectivity index (χ3v) is 4.41. The van der Waals surface area contributed by atoms with E-state index in [2.05, 4.69) is 5.32 Å². The van der Waals surface area contributed by atoms with Crippen molar-refractivity contribution in [1.29, 1.82) is 0 Å². The third kappa shape index (κ3) is 2.45. The van der Waals surface area contributed by atoms with Gasteiger partial charge in [0.15, 0.2) is 0 Å². The molecule has 0 atom stereocenters. The van der Waals surface area contributed by atoms with Gasteiger partial charge in [-0.2, -0.15) is 0 Å². The molecule has 3 rings (SSSR count). The molecule has 1 aliphatic carbocycles. The normalized spacial score (nSPS) is 15.9. The summed E-state index contributed by atoms with van der Waals surface area (Å²) in [5, 5.41) is 15.4. The number of aromatic nitrogens is 1. The molecule has 6 heteroatoms. The van der Waals surface area contributed by atoms with E-state index in [4.69, 9.17) is 0 Å².